The minimum absolute atomic E-state index is 0.236. The Bertz CT molecular complexity index is 227. The molecule has 2 N–H and O–H groups in total. The number of carbonyl (C=O) groups is 2. The van der Waals surface area contributed by atoms with E-state index in [9.17, 15) is 14.7 Å². The van der Waals surface area contributed by atoms with Gasteiger partial charge in [-0.3, -0.25) is 0 Å². The van der Waals surface area contributed by atoms with Gasteiger partial charge < -0.3 is 14.9 Å². The molecule has 5 nitrogen and oxygen atoms in total. The van der Waals surface area contributed by atoms with Gasteiger partial charge in [0.2, 0.25) is 0 Å². The zero-order valence-corrected chi connectivity index (χ0v) is 10.4. The minimum atomic E-state index is -1.63. The summed E-state index contributed by atoms with van der Waals surface area (Å²) in [6.45, 7) is 1.92. The molecule has 0 aliphatic carbocycles. The Morgan fingerprint density at radius 1 is 1.12 bits per heavy atom. The number of esters is 1. The van der Waals surface area contributed by atoms with Crippen molar-refractivity contribution in [1.29, 1.82) is 0 Å². The van der Waals surface area contributed by atoms with Crippen molar-refractivity contribution >= 4 is 11.9 Å². The number of ether oxygens (including phenoxy) is 1. The van der Waals surface area contributed by atoms with E-state index in [0.717, 1.165) is 19.3 Å². The molecule has 0 aromatic heterocycles. The Hall–Kier alpha value is -1.10. The highest BCUT2D eigenvalue weighted by Gasteiger charge is 2.14. The first kappa shape index (κ1) is 15.9. The second-order valence-corrected chi connectivity index (χ2v) is 4.11. The topological polar surface area (TPSA) is 83.8 Å². The SMILES string of the molecule is CCCCCCCCC(O)COC(=O)C(=O)O. The minimum Gasteiger partial charge on any atom is -0.473 e. The predicted molar refractivity (Wildman–Crippen MR) is 62.6 cm³/mol. The van der Waals surface area contributed by atoms with E-state index in [2.05, 4.69) is 11.7 Å². The smallest absolute Gasteiger partial charge is 0.417 e. The first-order valence-electron chi connectivity index (χ1n) is 6.16. The average molecular weight is 246 g/mol. The molecule has 0 aromatic carbocycles. The summed E-state index contributed by atoms with van der Waals surface area (Å²) in [6, 6.07) is 0. The summed E-state index contributed by atoms with van der Waals surface area (Å²) in [5.74, 6) is -2.94. The maximum Gasteiger partial charge on any atom is 0.417 e. The van der Waals surface area contributed by atoms with Gasteiger partial charge in [-0.2, -0.15) is 0 Å². The molecule has 1 unspecified atom stereocenters. The van der Waals surface area contributed by atoms with E-state index >= 15 is 0 Å². The highest BCUT2D eigenvalue weighted by Crippen LogP contribution is 2.08. The fourth-order valence-corrected chi connectivity index (χ4v) is 1.48. The Kier molecular flexibility index (Phi) is 9.43. The standard InChI is InChI=1S/C12H22O5/c1-2-3-4-5-6-7-8-10(13)9-17-12(16)11(14)15/h10,13H,2-9H2,1H3,(H,14,15). The van der Waals surface area contributed by atoms with Crippen LogP contribution >= 0.6 is 0 Å². The number of rotatable bonds is 9. The van der Waals surface area contributed by atoms with Crippen molar-refractivity contribution in [2.75, 3.05) is 6.61 Å². The van der Waals surface area contributed by atoms with Crippen LogP contribution in [0.3, 0.4) is 0 Å². The number of unbranched alkanes of at least 4 members (excludes halogenated alkanes) is 5. The van der Waals surface area contributed by atoms with Crippen molar-refractivity contribution in [2.24, 2.45) is 0 Å². The van der Waals surface area contributed by atoms with E-state index in [1.807, 2.05) is 0 Å². The molecule has 0 aliphatic rings. The second-order valence-electron chi connectivity index (χ2n) is 4.11. The Morgan fingerprint density at radius 3 is 2.29 bits per heavy atom. The van der Waals surface area contributed by atoms with E-state index < -0.39 is 18.0 Å². The first-order chi connectivity index (χ1) is 8.07. The lowest BCUT2D eigenvalue weighted by Gasteiger charge is -2.09. The number of aliphatic hydroxyl groups is 1. The Morgan fingerprint density at radius 2 is 1.71 bits per heavy atom. The number of carbonyl (C=O) groups excluding carboxylic acids is 1. The highest BCUT2D eigenvalue weighted by molar-refractivity contribution is 6.28. The van der Waals surface area contributed by atoms with Crippen molar-refractivity contribution in [3.8, 4) is 0 Å². The molecule has 0 saturated heterocycles. The van der Waals surface area contributed by atoms with Crippen LogP contribution in [-0.2, 0) is 14.3 Å². The molecule has 0 rings (SSSR count). The van der Waals surface area contributed by atoms with Crippen LogP contribution in [0.2, 0.25) is 0 Å². The third-order valence-electron chi connectivity index (χ3n) is 2.47. The van der Waals surface area contributed by atoms with Gasteiger partial charge in [-0.05, 0) is 6.42 Å². The third kappa shape index (κ3) is 9.81. The summed E-state index contributed by atoms with van der Waals surface area (Å²) >= 11 is 0. The van der Waals surface area contributed by atoms with Crippen molar-refractivity contribution < 1.29 is 24.5 Å². The zero-order valence-electron chi connectivity index (χ0n) is 10.4. The van der Waals surface area contributed by atoms with Crippen LogP contribution in [0.4, 0.5) is 0 Å². The lowest BCUT2D eigenvalue weighted by Crippen LogP contribution is -2.23. The molecule has 0 fully saturated rings. The number of aliphatic carboxylic acids is 1. The number of carboxylic acid groups (broad SMARTS) is 1. The molecule has 0 amide bonds. The lowest BCUT2D eigenvalue weighted by molar-refractivity contribution is -0.165. The number of aliphatic hydroxyl groups excluding tert-OH is 1. The van der Waals surface area contributed by atoms with Crippen LogP contribution in [0.1, 0.15) is 51.9 Å². The van der Waals surface area contributed by atoms with E-state index in [1.54, 1.807) is 0 Å². The third-order valence-corrected chi connectivity index (χ3v) is 2.47. The van der Waals surface area contributed by atoms with E-state index in [4.69, 9.17) is 5.11 Å². The molecule has 100 valence electrons. The van der Waals surface area contributed by atoms with Gasteiger partial charge in [-0.25, -0.2) is 9.59 Å². The van der Waals surface area contributed by atoms with Crippen LogP contribution in [0, 0.1) is 0 Å². The molecule has 0 saturated carbocycles. The predicted octanol–water partition coefficient (Wildman–Crippen LogP) is 1.73. The quantitative estimate of drug-likeness (QED) is 0.367. The fraction of sp³-hybridized carbons (Fsp3) is 0.833. The van der Waals surface area contributed by atoms with E-state index in [0.29, 0.717) is 6.42 Å². The van der Waals surface area contributed by atoms with Gasteiger partial charge in [0.25, 0.3) is 0 Å². The molecule has 0 aromatic rings. The Labute approximate surface area is 102 Å². The molecule has 0 spiro atoms. The van der Waals surface area contributed by atoms with Crippen LogP contribution in [0.15, 0.2) is 0 Å². The van der Waals surface area contributed by atoms with Crippen LogP contribution in [0.5, 0.6) is 0 Å². The van der Waals surface area contributed by atoms with Gasteiger partial charge in [-0.15, -0.1) is 0 Å². The molecule has 0 heterocycles. The van der Waals surface area contributed by atoms with Gasteiger partial charge in [-0.1, -0.05) is 45.4 Å². The normalized spacial score (nSPS) is 12.1. The summed E-state index contributed by atoms with van der Waals surface area (Å²) in [4.78, 5) is 20.7. The molecular weight excluding hydrogens is 224 g/mol. The van der Waals surface area contributed by atoms with Crippen molar-refractivity contribution in [3.63, 3.8) is 0 Å². The van der Waals surface area contributed by atoms with Crippen LogP contribution < -0.4 is 0 Å². The first-order valence-corrected chi connectivity index (χ1v) is 6.16. The molecule has 5 heteroatoms. The Balaban J connectivity index is 3.37. The average Bonchev–Trinajstić information content (AvgIpc) is 2.30. The van der Waals surface area contributed by atoms with E-state index in [-0.39, 0.29) is 6.61 Å². The molecular formula is C12H22O5. The summed E-state index contributed by atoms with van der Waals surface area (Å²) in [5, 5.41) is 17.6. The second kappa shape index (κ2) is 10.1. The summed E-state index contributed by atoms with van der Waals surface area (Å²) in [5.41, 5.74) is 0. The lowest BCUT2D eigenvalue weighted by atomic mass is 10.1. The summed E-state index contributed by atoms with van der Waals surface area (Å²) < 4.78 is 4.37. The number of carboxylic acids is 1. The van der Waals surface area contributed by atoms with Gasteiger partial charge in [0.05, 0.1) is 6.10 Å². The van der Waals surface area contributed by atoms with Gasteiger partial charge in [0.15, 0.2) is 0 Å². The maximum absolute atomic E-state index is 10.6. The monoisotopic (exact) mass is 246 g/mol. The maximum atomic E-state index is 10.6. The number of hydrogen-bond donors (Lipinski definition) is 2. The highest BCUT2D eigenvalue weighted by atomic mass is 16.6. The van der Waals surface area contributed by atoms with Crippen molar-refractivity contribution in [1.82, 2.24) is 0 Å². The van der Waals surface area contributed by atoms with E-state index in [1.165, 1.54) is 19.3 Å². The zero-order chi connectivity index (χ0) is 13.1. The molecule has 17 heavy (non-hydrogen) atoms. The van der Waals surface area contributed by atoms with Crippen LogP contribution in [0.25, 0.3) is 0 Å². The van der Waals surface area contributed by atoms with Gasteiger partial charge in [0.1, 0.15) is 6.61 Å². The number of hydrogen-bond acceptors (Lipinski definition) is 4. The van der Waals surface area contributed by atoms with Gasteiger partial charge in [0, 0.05) is 0 Å². The van der Waals surface area contributed by atoms with Gasteiger partial charge >= 0.3 is 11.9 Å². The summed E-state index contributed by atoms with van der Waals surface area (Å²) in [6.07, 6.45) is 6.49. The molecule has 0 bridgehead atoms. The molecule has 1 atom stereocenters. The fourth-order valence-electron chi connectivity index (χ4n) is 1.48. The van der Waals surface area contributed by atoms with Crippen LogP contribution in [-0.4, -0.2) is 34.9 Å². The van der Waals surface area contributed by atoms with Crippen molar-refractivity contribution in [2.45, 2.75) is 58.0 Å². The molecule has 0 aliphatic heterocycles. The largest absolute Gasteiger partial charge is 0.473 e. The summed E-state index contributed by atoms with van der Waals surface area (Å²) in [7, 11) is 0. The van der Waals surface area contributed by atoms with Crippen molar-refractivity contribution in [3.05, 3.63) is 0 Å². The molecule has 0 radical (unpaired) electrons.